The number of nitrogens with zero attached hydrogens (tertiary/aromatic N) is 5. The van der Waals surface area contributed by atoms with Crippen LogP contribution in [0.25, 0.3) is 12.0 Å². The first kappa shape index (κ1) is 18.3. The van der Waals surface area contributed by atoms with Gasteiger partial charge < -0.3 is 0 Å². The van der Waals surface area contributed by atoms with E-state index in [4.69, 9.17) is 0 Å². The van der Waals surface area contributed by atoms with Crippen LogP contribution in [0.2, 0.25) is 0 Å². The standard InChI is InChI=1S/C20H21N5.ClH/c1-16-18(14-23-25(16)20-21-10-5-11-22-20)8-4-12-24-13-9-17-6-2-3-7-19(17)15-24;/h2-8,10-11,14H,9,12-13,15H2,1H3;1H. The molecule has 0 unspecified atom stereocenters. The summed E-state index contributed by atoms with van der Waals surface area (Å²) in [6.07, 6.45) is 10.8. The molecule has 0 N–H and O–H groups in total. The van der Waals surface area contributed by atoms with Gasteiger partial charge in [-0.1, -0.05) is 36.4 Å². The lowest BCUT2D eigenvalue weighted by atomic mass is 10.00. The summed E-state index contributed by atoms with van der Waals surface area (Å²) in [6.45, 7) is 5.12. The summed E-state index contributed by atoms with van der Waals surface area (Å²) in [4.78, 5) is 11.0. The van der Waals surface area contributed by atoms with Gasteiger partial charge in [-0.05, 0) is 30.5 Å². The normalized spacial score (nSPS) is 14.2. The van der Waals surface area contributed by atoms with Crippen LogP contribution in [-0.4, -0.2) is 37.7 Å². The molecular formula is C20H22ClN5. The van der Waals surface area contributed by atoms with Crippen molar-refractivity contribution in [2.45, 2.75) is 19.9 Å². The second kappa shape index (κ2) is 8.25. The summed E-state index contributed by atoms with van der Waals surface area (Å²) in [5.41, 5.74) is 5.09. The minimum atomic E-state index is 0. The molecule has 0 spiro atoms. The Morgan fingerprint density at radius 2 is 1.85 bits per heavy atom. The highest BCUT2D eigenvalue weighted by atomic mass is 35.5. The van der Waals surface area contributed by atoms with E-state index in [1.807, 2.05) is 13.1 Å². The van der Waals surface area contributed by atoms with Crippen LogP contribution < -0.4 is 0 Å². The molecular weight excluding hydrogens is 346 g/mol. The minimum Gasteiger partial charge on any atom is -0.295 e. The van der Waals surface area contributed by atoms with Crippen LogP contribution in [0.4, 0.5) is 0 Å². The van der Waals surface area contributed by atoms with Gasteiger partial charge in [-0.2, -0.15) is 5.10 Å². The molecule has 0 atom stereocenters. The maximum Gasteiger partial charge on any atom is 0.250 e. The average Bonchev–Trinajstić information content (AvgIpc) is 3.03. The highest BCUT2D eigenvalue weighted by molar-refractivity contribution is 5.85. The Kier molecular flexibility index (Phi) is 5.81. The largest absolute Gasteiger partial charge is 0.295 e. The summed E-state index contributed by atoms with van der Waals surface area (Å²) in [5, 5.41) is 4.41. The van der Waals surface area contributed by atoms with E-state index < -0.39 is 0 Å². The van der Waals surface area contributed by atoms with E-state index >= 15 is 0 Å². The number of hydrogen-bond acceptors (Lipinski definition) is 4. The first-order chi connectivity index (χ1) is 12.3. The third kappa shape index (κ3) is 3.84. The second-order valence-corrected chi connectivity index (χ2v) is 6.30. The predicted molar refractivity (Wildman–Crippen MR) is 106 cm³/mol. The van der Waals surface area contributed by atoms with E-state index in [2.05, 4.69) is 56.4 Å². The molecule has 0 saturated heterocycles. The Bertz CT molecular complexity index is 888. The van der Waals surface area contributed by atoms with Crippen LogP contribution in [0.1, 0.15) is 22.4 Å². The molecule has 3 heterocycles. The van der Waals surface area contributed by atoms with E-state index in [9.17, 15) is 0 Å². The molecule has 134 valence electrons. The fraction of sp³-hybridized carbons (Fsp3) is 0.250. The molecule has 26 heavy (non-hydrogen) atoms. The number of halogens is 1. The van der Waals surface area contributed by atoms with Crippen LogP contribution in [0.5, 0.6) is 0 Å². The summed E-state index contributed by atoms with van der Waals surface area (Å²) in [6, 6.07) is 10.5. The van der Waals surface area contributed by atoms with Crippen molar-refractivity contribution < 1.29 is 0 Å². The van der Waals surface area contributed by atoms with Crippen LogP contribution >= 0.6 is 12.4 Å². The lowest BCUT2D eigenvalue weighted by Crippen LogP contribution is -2.30. The molecule has 1 aliphatic rings. The van der Waals surface area contributed by atoms with Gasteiger partial charge >= 0.3 is 0 Å². The van der Waals surface area contributed by atoms with Crippen LogP contribution in [0.15, 0.2) is 55.0 Å². The maximum absolute atomic E-state index is 4.41. The van der Waals surface area contributed by atoms with Crippen molar-refractivity contribution in [3.63, 3.8) is 0 Å². The SMILES string of the molecule is Cc1c(C=CCN2CCc3ccccc3C2)cnn1-c1ncccn1.Cl. The molecule has 0 fully saturated rings. The van der Waals surface area contributed by atoms with Crippen molar-refractivity contribution >= 4 is 18.5 Å². The summed E-state index contributed by atoms with van der Waals surface area (Å²) >= 11 is 0. The number of aromatic nitrogens is 4. The Morgan fingerprint density at radius 3 is 2.65 bits per heavy atom. The molecule has 3 aromatic rings. The van der Waals surface area contributed by atoms with Gasteiger partial charge in [0.15, 0.2) is 0 Å². The van der Waals surface area contributed by atoms with Crippen molar-refractivity contribution in [1.82, 2.24) is 24.6 Å². The van der Waals surface area contributed by atoms with Crippen molar-refractivity contribution in [2.75, 3.05) is 13.1 Å². The van der Waals surface area contributed by atoms with Crippen LogP contribution in [0.3, 0.4) is 0 Å². The molecule has 0 saturated carbocycles. The molecule has 0 radical (unpaired) electrons. The lowest BCUT2D eigenvalue weighted by molar-refractivity contribution is 0.282. The maximum atomic E-state index is 4.41. The zero-order valence-electron chi connectivity index (χ0n) is 14.7. The van der Waals surface area contributed by atoms with Gasteiger partial charge in [-0.25, -0.2) is 14.6 Å². The first-order valence-corrected chi connectivity index (χ1v) is 8.59. The molecule has 1 aliphatic heterocycles. The van der Waals surface area contributed by atoms with Gasteiger partial charge in [-0.3, -0.25) is 4.90 Å². The van der Waals surface area contributed by atoms with Gasteiger partial charge in [0.25, 0.3) is 5.95 Å². The molecule has 5 nitrogen and oxygen atoms in total. The topological polar surface area (TPSA) is 46.8 Å². The monoisotopic (exact) mass is 367 g/mol. The smallest absolute Gasteiger partial charge is 0.250 e. The molecule has 0 bridgehead atoms. The molecule has 1 aromatic carbocycles. The zero-order valence-corrected chi connectivity index (χ0v) is 15.6. The van der Waals surface area contributed by atoms with E-state index in [1.54, 1.807) is 23.1 Å². The van der Waals surface area contributed by atoms with E-state index in [0.717, 1.165) is 37.3 Å². The molecule has 6 heteroatoms. The number of rotatable bonds is 4. The van der Waals surface area contributed by atoms with E-state index in [-0.39, 0.29) is 12.4 Å². The third-order valence-electron chi connectivity index (χ3n) is 4.66. The zero-order chi connectivity index (χ0) is 17.1. The van der Waals surface area contributed by atoms with Crippen molar-refractivity contribution in [1.29, 1.82) is 0 Å². The van der Waals surface area contributed by atoms with Crippen molar-refractivity contribution in [3.8, 4) is 5.95 Å². The summed E-state index contributed by atoms with van der Waals surface area (Å²) in [5.74, 6) is 0.604. The quantitative estimate of drug-likeness (QED) is 0.708. The van der Waals surface area contributed by atoms with Crippen molar-refractivity contribution in [2.24, 2.45) is 0 Å². The van der Waals surface area contributed by atoms with Gasteiger partial charge in [0, 0.05) is 37.6 Å². The fourth-order valence-electron chi connectivity index (χ4n) is 3.23. The second-order valence-electron chi connectivity index (χ2n) is 6.30. The lowest BCUT2D eigenvalue weighted by Gasteiger charge is -2.27. The van der Waals surface area contributed by atoms with Gasteiger partial charge in [0.1, 0.15) is 0 Å². The van der Waals surface area contributed by atoms with E-state index in [1.165, 1.54) is 11.1 Å². The molecule has 2 aromatic heterocycles. The Balaban J connectivity index is 0.00000196. The van der Waals surface area contributed by atoms with Gasteiger partial charge in [-0.15, -0.1) is 12.4 Å². The van der Waals surface area contributed by atoms with Gasteiger partial charge in [0.2, 0.25) is 0 Å². The average molecular weight is 368 g/mol. The Labute approximate surface area is 159 Å². The Hall–Kier alpha value is -2.50. The van der Waals surface area contributed by atoms with Crippen LogP contribution in [-0.2, 0) is 13.0 Å². The number of hydrogen-bond donors (Lipinski definition) is 0. The number of benzene rings is 1. The fourth-order valence-corrected chi connectivity index (χ4v) is 3.23. The first-order valence-electron chi connectivity index (χ1n) is 8.59. The third-order valence-corrected chi connectivity index (χ3v) is 4.66. The van der Waals surface area contributed by atoms with E-state index in [0.29, 0.717) is 5.95 Å². The highest BCUT2D eigenvalue weighted by Crippen LogP contribution is 2.18. The van der Waals surface area contributed by atoms with Crippen LogP contribution in [0, 0.1) is 6.92 Å². The van der Waals surface area contributed by atoms with Crippen molar-refractivity contribution in [3.05, 3.63) is 77.4 Å². The predicted octanol–water partition coefficient (Wildman–Crippen LogP) is 3.46. The molecule has 0 amide bonds. The number of fused-ring (bicyclic) bond motifs is 1. The highest BCUT2D eigenvalue weighted by Gasteiger charge is 2.14. The minimum absolute atomic E-state index is 0. The summed E-state index contributed by atoms with van der Waals surface area (Å²) in [7, 11) is 0. The van der Waals surface area contributed by atoms with Gasteiger partial charge in [0.05, 0.1) is 11.9 Å². The summed E-state index contributed by atoms with van der Waals surface area (Å²) < 4.78 is 1.77. The molecule has 0 aliphatic carbocycles. The molecule has 4 rings (SSSR count). The Morgan fingerprint density at radius 1 is 1.08 bits per heavy atom.